The lowest BCUT2D eigenvalue weighted by Gasteiger charge is -2.41. The molecular formula is C86H67Br6F3O9S. The Bertz CT molecular complexity index is 5230. The van der Waals surface area contributed by atoms with E-state index in [-0.39, 0.29) is 11.5 Å². The molecule has 2 N–H and O–H groups in total. The largest absolute Gasteiger partial charge is 0.534 e. The molecule has 12 aromatic rings. The quantitative estimate of drug-likeness (QED) is 0.0553. The molecule has 0 fully saturated rings. The number of hydrogen-bond acceptors (Lipinski definition) is 9. The van der Waals surface area contributed by atoms with Crippen LogP contribution in [-0.2, 0) is 26.9 Å². The van der Waals surface area contributed by atoms with Gasteiger partial charge in [-0.05, 0) is 176 Å². The summed E-state index contributed by atoms with van der Waals surface area (Å²) in [5.41, 5.74) is 8.01. The van der Waals surface area contributed by atoms with E-state index in [1.165, 1.54) is 67.5 Å². The van der Waals surface area contributed by atoms with Gasteiger partial charge in [-0.15, -0.1) is 0 Å². The van der Waals surface area contributed by atoms with Gasteiger partial charge in [-0.3, -0.25) is 0 Å². The lowest BCUT2D eigenvalue weighted by molar-refractivity contribution is -0.0500. The smallest absolute Gasteiger partial charge is 0.508 e. The zero-order valence-electron chi connectivity index (χ0n) is 56.8. The zero-order valence-corrected chi connectivity index (χ0v) is 67.1. The number of unbranched alkanes of at least 4 members (excludes halogenated alkanes) is 5. The van der Waals surface area contributed by atoms with Crippen LogP contribution in [0.2, 0.25) is 0 Å². The van der Waals surface area contributed by atoms with Gasteiger partial charge in [0.05, 0.1) is 6.61 Å². The van der Waals surface area contributed by atoms with E-state index in [1.807, 2.05) is 116 Å². The van der Waals surface area contributed by atoms with E-state index in [1.54, 1.807) is 24.3 Å². The number of phenols is 2. The first-order valence-electron chi connectivity index (χ1n) is 33.8. The summed E-state index contributed by atoms with van der Waals surface area (Å²) in [5.74, 6) is 3.02. The molecule has 2 unspecified atom stereocenters. The van der Waals surface area contributed by atoms with Gasteiger partial charge in [0.25, 0.3) is 0 Å². The van der Waals surface area contributed by atoms with Crippen molar-refractivity contribution in [3.63, 3.8) is 0 Å². The molecule has 2 atom stereocenters. The molecule has 0 bridgehead atoms. The molecule has 19 heteroatoms. The number of alkyl halides is 3. The van der Waals surface area contributed by atoms with Crippen LogP contribution in [0, 0.1) is 13.8 Å². The Balaban J connectivity index is 0.000000141. The molecule has 0 amide bonds. The van der Waals surface area contributed by atoms with Crippen LogP contribution in [0.1, 0.15) is 107 Å². The van der Waals surface area contributed by atoms with Crippen LogP contribution in [0.25, 0.3) is 33.4 Å². The van der Waals surface area contributed by atoms with Crippen molar-refractivity contribution in [2.24, 2.45) is 0 Å². The molecule has 3 aliphatic heterocycles. The number of fused-ring (bicyclic) bond motifs is 9. The molecule has 12 aromatic carbocycles. The number of phenolic OH excluding ortho intramolecular Hbond substituents is 2. The van der Waals surface area contributed by atoms with Gasteiger partial charge >= 0.3 is 15.6 Å². The summed E-state index contributed by atoms with van der Waals surface area (Å²) in [7, 11) is -5.80. The molecular weight excluding hydrogens is 1750 g/mol. The van der Waals surface area contributed by atoms with E-state index in [0.29, 0.717) is 11.3 Å². The number of ether oxygens (including phenoxy) is 4. The maximum Gasteiger partial charge on any atom is 0.534 e. The predicted molar refractivity (Wildman–Crippen MR) is 429 cm³/mol. The Kier molecular flexibility index (Phi) is 22.4. The highest BCUT2D eigenvalue weighted by Gasteiger charge is 2.50. The summed E-state index contributed by atoms with van der Waals surface area (Å²) in [4.78, 5) is 0. The molecule has 0 spiro atoms. The standard InChI is InChI=1S/C34H34Br2O2.C27H17Br2F3O4S.C25H16Br2O3/c1-3-4-5-6-7-8-21-37-29-17-13-26(14-18-29)34(25-11-9-24(2)10-12-25)32-22-27(35)15-19-30(32)31-20-16-28(36)23-33(31)38-34;1-16-2-4-17(5-3-16)26(18-6-10-21(11-7-18)36-37(33,34)27(30,31)32)24-14-19(28)8-12-22(24)23-13-9-20(29)15-25(23)35-26;26-17-5-11-21-22-12-6-18(27)14-24(22)30-25(23(21)13-17,15-1-7-19(28)8-2-15)16-3-9-20(29)10-4-16/h9-20,22-23H,3-8,21H2,1-2H3;2-15H,1H3;1-14,28-29H. The molecule has 9 nitrogen and oxygen atoms in total. The van der Waals surface area contributed by atoms with Crippen LogP contribution in [0.4, 0.5) is 13.2 Å². The topological polar surface area (TPSA) is 121 Å². The lowest BCUT2D eigenvalue weighted by atomic mass is 9.75. The first kappa shape index (κ1) is 75.1. The van der Waals surface area contributed by atoms with Crippen LogP contribution in [0.5, 0.6) is 40.2 Å². The van der Waals surface area contributed by atoms with Gasteiger partial charge in [0, 0.05) is 93.6 Å². The molecule has 15 rings (SSSR count). The van der Waals surface area contributed by atoms with Crippen molar-refractivity contribution in [2.45, 2.75) is 81.6 Å². The minimum atomic E-state index is -5.80. The van der Waals surface area contributed by atoms with E-state index < -0.39 is 38.2 Å². The van der Waals surface area contributed by atoms with Gasteiger partial charge < -0.3 is 33.3 Å². The summed E-state index contributed by atoms with van der Waals surface area (Å²) in [6, 6.07) is 81.0. The Hall–Kier alpha value is -8.14. The number of benzene rings is 12. The molecule has 0 saturated heterocycles. The van der Waals surface area contributed by atoms with E-state index in [4.69, 9.17) is 18.9 Å². The maximum absolute atomic E-state index is 12.8. The summed E-state index contributed by atoms with van der Waals surface area (Å²) >= 11 is 21.6. The van der Waals surface area contributed by atoms with Crippen molar-refractivity contribution in [1.82, 2.24) is 0 Å². The number of halogens is 9. The highest BCUT2D eigenvalue weighted by Crippen LogP contribution is 2.57. The third-order valence-corrected chi connectivity index (χ3v) is 22.8. The summed E-state index contributed by atoms with van der Waals surface area (Å²) in [5, 5.41) is 19.8. The van der Waals surface area contributed by atoms with Crippen molar-refractivity contribution in [3.05, 3.63) is 343 Å². The molecule has 0 saturated carbocycles. The van der Waals surface area contributed by atoms with Crippen LogP contribution < -0.4 is 23.1 Å². The van der Waals surface area contributed by atoms with Gasteiger partial charge in [-0.2, -0.15) is 21.6 Å². The van der Waals surface area contributed by atoms with Gasteiger partial charge in [0.2, 0.25) is 0 Å². The van der Waals surface area contributed by atoms with Crippen LogP contribution in [0.3, 0.4) is 0 Å². The minimum Gasteiger partial charge on any atom is -0.508 e. The number of aromatic hydroxyl groups is 2. The highest BCUT2D eigenvalue weighted by molar-refractivity contribution is 9.11. The third kappa shape index (κ3) is 15.4. The van der Waals surface area contributed by atoms with E-state index in [9.17, 15) is 31.8 Å². The third-order valence-electron chi connectivity index (χ3n) is 18.8. The van der Waals surface area contributed by atoms with Crippen molar-refractivity contribution in [1.29, 1.82) is 0 Å². The van der Waals surface area contributed by atoms with Crippen LogP contribution >= 0.6 is 95.6 Å². The van der Waals surface area contributed by atoms with Gasteiger partial charge in [-0.1, -0.05) is 261 Å². The molecule has 0 radical (unpaired) electrons. The maximum atomic E-state index is 12.8. The van der Waals surface area contributed by atoms with Gasteiger partial charge in [0.15, 0.2) is 16.8 Å². The molecule has 0 aromatic heterocycles. The van der Waals surface area contributed by atoms with Crippen molar-refractivity contribution in [2.75, 3.05) is 6.61 Å². The van der Waals surface area contributed by atoms with E-state index in [2.05, 4.69) is 211 Å². The monoisotopic (exact) mass is 1810 g/mol. The molecule has 0 aliphatic carbocycles. The average Bonchev–Trinajstić information content (AvgIpc) is 0.727. The number of hydrogen-bond donors (Lipinski definition) is 2. The van der Waals surface area contributed by atoms with Crippen molar-refractivity contribution >= 4 is 106 Å². The molecule has 105 heavy (non-hydrogen) atoms. The van der Waals surface area contributed by atoms with Crippen LogP contribution in [0.15, 0.2) is 282 Å². The number of rotatable bonds is 16. The van der Waals surface area contributed by atoms with Crippen molar-refractivity contribution in [3.8, 4) is 73.6 Å². The highest BCUT2D eigenvalue weighted by atomic mass is 79.9. The Morgan fingerprint density at radius 3 is 0.962 bits per heavy atom. The lowest BCUT2D eigenvalue weighted by Crippen LogP contribution is -2.38. The summed E-state index contributed by atoms with van der Waals surface area (Å²) in [6.45, 7) is 7.08. The first-order valence-corrected chi connectivity index (χ1v) is 40.0. The fourth-order valence-electron chi connectivity index (χ4n) is 13.7. The second-order valence-electron chi connectivity index (χ2n) is 25.8. The van der Waals surface area contributed by atoms with Gasteiger partial charge in [0.1, 0.15) is 40.2 Å². The summed E-state index contributed by atoms with van der Waals surface area (Å²) in [6.07, 6.45) is 7.54. The average molecular weight is 1810 g/mol. The molecule has 3 heterocycles. The predicted octanol–water partition coefficient (Wildman–Crippen LogP) is 25.7. The Morgan fingerprint density at radius 1 is 0.362 bits per heavy atom. The van der Waals surface area contributed by atoms with Crippen molar-refractivity contribution < 1.29 is 54.9 Å². The minimum absolute atomic E-state index is 0.188. The second-order valence-corrected chi connectivity index (χ2v) is 32.8. The number of aryl methyl sites for hydroxylation is 2. The van der Waals surface area contributed by atoms with Crippen LogP contribution in [-0.4, -0.2) is 30.7 Å². The van der Waals surface area contributed by atoms with E-state index >= 15 is 0 Å². The van der Waals surface area contributed by atoms with E-state index in [0.717, 1.165) is 135 Å². The Labute approximate surface area is 659 Å². The Morgan fingerprint density at radius 2 is 0.638 bits per heavy atom. The second kappa shape index (κ2) is 31.4. The van der Waals surface area contributed by atoms with Gasteiger partial charge in [-0.25, -0.2) is 0 Å². The molecule has 534 valence electrons. The fourth-order valence-corrected chi connectivity index (χ4v) is 16.3. The normalized spacial score (nSPS) is 15.7. The molecule has 3 aliphatic rings. The summed E-state index contributed by atoms with van der Waals surface area (Å²) < 4.78 is 98.2. The SMILES string of the molecule is CCCCCCCCOc1ccc(C2(c3ccc(C)cc3)Oc3cc(Br)ccc3-c3ccc(Br)cc32)cc1.Cc1ccc(C2(c3ccc(OS(=O)(=O)C(F)(F)F)cc3)Oc3cc(Br)ccc3-c3ccc(Br)cc32)cc1.Oc1ccc(C2(c3ccc(O)cc3)Oc3cc(Br)ccc3-c3ccc(Br)cc32)cc1. The fraction of sp³-hybridized carbons (Fsp3) is 0.163. The zero-order chi connectivity index (χ0) is 74.0. The first-order chi connectivity index (χ1) is 50.4.